The van der Waals surface area contributed by atoms with E-state index in [4.69, 9.17) is 4.74 Å². The van der Waals surface area contributed by atoms with Crippen molar-refractivity contribution in [2.45, 2.75) is 45.3 Å². The zero-order valence-corrected chi connectivity index (χ0v) is 15.6. The summed E-state index contributed by atoms with van der Waals surface area (Å²) in [6.45, 7) is 9.47. The summed E-state index contributed by atoms with van der Waals surface area (Å²) in [7, 11) is 0. The van der Waals surface area contributed by atoms with E-state index in [-0.39, 0.29) is 5.91 Å². The molecule has 140 valence electrons. The van der Waals surface area contributed by atoms with E-state index in [9.17, 15) is 9.59 Å². The minimum atomic E-state index is -0.728. The van der Waals surface area contributed by atoms with Crippen LogP contribution in [0.3, 0.4) is 0 Å². The van der Waals surface area contributed by atoms with Gasteiger partial charge in [0.1, 0.15) is 11.6 Å². The molecule has 1 aromatic carbocycles. The van der Waals surface area contributed by atoms with E-state index >= 15 is 0 Å². The second-order valence-corrected chi connectivity index (χ2v) is 7.13. The summed E-state index contributed by atoms with van der Waals surface area (Å²) in [5.41, 5.74) is 1.32. The Balaban J connectivity index is 2.15. The van der Waals surface area contributed by atoms with Gasteiger partial charge >= 0.3 is 6.09 Å². The quantitative estimate of drug-likeness (QED) is 0.525. The number of alkyl carbamates (subject to hydrolysis) is 1. The van der Waals surface area contributed by atoms with Crippen LogP contribution in [0.2, 0.25) is 0 Å². The molecule has 0 unspecified atom stereocenters. The molecule has 1 heterocycles. The Hall–Kier alpha value is -2.76. The average molecular weight is 357 g/mol. The molecule has 0 saturated carbocycles. The summed E-state index contributed by atoms with van der Waals surface area (Å²) in [6.07, 6.45) is 4.02. The molecule has 0 aliphatic heterocycles. The van der Waals surface area contributed by atoms with Gasteiger partial charge in [0.2, 0.25) is 5.91 Å². The van der Waals surface area contributed by atoms with Crippen LogP contribution in [-0.4, -0.2) is 35.2 Å². The lowest BCUT2D eigenvalue weighted by Gasteiger charge is -2.23. The van der Waals surface area contributed by atoms with E-state index in [2.05, 4.69) is 22.2 Å². The zero-order chi connectivity index (χ0) is 19.2. The summed E-state index contributed by atoms with van der Waals surface area (Å²) >= 11 is 0. The molecule has 0 spiro atoms. The molecule has 26 heavy (non-hydrogen) atoms. The Labute approximate surface area is 154 Å². The van der Waals surface area contributed by atoms with Gasteiger partial charge in [0.25, 0.3) is 0 Å². The number of hydrogen-bond acceptors (Lipinski definition) is 3. The van der Waals surface area contributed by atoms with Crippen molar-refractivity contribution in [2.75, 3.05) is 6.54 Å². The number of benzene rings is 1. The molecule has 0 aliphatic carbocycles. The van der Waals surface area contributed by atoms with E-state index in [1.165, 1.54) is 0 Å². The smallest absolute Gasteiger partial charge is 0.408 e. The first kappa shape index (κ1) is 19.6. The third-order valence-corrected chi connectivity index (χ3v) is 3.75. The summed E-state index contributed by atoms with van der Waals surface area (Å²) in [5, 5.41) is 6.54. The lowest BCUT2D eigenvalue weighted by Crippen LogP contribution is -2.49. The van der Waals surface area contributed by atoms with Crippen LogP contribution in [0.25, 0.3) is 10.9 Å². The molecule has 0 saturated heterocycles. The van der Waals surface area contributed by atoms with Gasteiger partial charge in [-0.15, -0.1) is 6.58 Å². The highest BCUT2D eigenvalue weighted by Crippen LogP contribution is 2.19. The maximum Gasteiger partial charge on any atom is 0.408 e. The van der Waals surface area contributed by atoms with E-state index < -0.39 is 17.7 Å². The third-order valence-electron chi connectivity index (χ3n) is 3.75. The molecule has 0 radical (unpaired) electrons. The second kappa shape index (κ2) is 8.56. The molecule has 0 fully saturated rings. The number of ether oxygens (including phenoxy) is 1. The monoisotopic (exact) mass is 357 g/mol. The highest BCUT2D eigenvalue weighted by Gasteiger charge is 2.25. The van der Waals surface area contributed by atoms with Crippen LogP contribution < -0.4 is 10.6 Å². The van der Waals surface area contributed by atoms with Crippen LogP contribution >= 0.6 is 0 Å². The van der Waals surface area contributed by atoms with Crippen molar-refractivity contribution < 1.29 is 14.3 Å². The van der Waals surface area contributed by atoms with Gasteiger partial charge in [0.15, 0.2) is 0 Å². The molecular weight excluding hydrogens is 330 g/mol. The van der Waals surface area contributed by atoms with Gasteiger partial charge in [-0.3, -0.25) is 4.79 Å². The first-order valence-corrected chi connectivity index (χ1v) is 8.73. The number of aromatic amines is 1. The molecule has 1 aromatic heterocycles. The minimum Gasteiger partial charge on any atom is -0.444 e. The molecule has 0 aliphatic rings. The maximum atomic E-state index is 12.6. The topological polar surface area (TPSA) is 83.2 Å². The van der Waals surface area contributed by atoms with Gasteiger partial charge in [-0.05, 0) is 38.8 Å². The molecule has 2 rings (SSSR count). The molecule has 1 atom stereocenters. The van der Waals surface area contributed by atoms with E-state index in [1.54, 1.807) is 26.8 Å². The van der Waals surface area contributed by atoms with E-state index in [0.29, 0.717) is 19.4 Å². The van der Waals surface area contributed by atoms with Crippen molar-refractivity contribution in [3.63, 3.8) is 0 Å². The second-order valence-electron chi connectivity index (χ2n) is 7.13. The number of hydrogen-bond donors (Lipinski definition) is 3. The minimum absolute atomic E-state index is 0.247. The van der Waals surface area contributed by atoms with Gasteiger partial charge in [0, 0.05) is 30.1 Å². The first-order valence-electron chi connectivity index (χ1n) is 8.73. The number of para-hydroxylation sites is 1. The Morgan fingerprint density at radius 3 is 2.73 bits per heavy atom. The van der Waals surface area contributed by atoms with Crippen molar-refractivity contribution in [1.82, 2.24) is 15.6 Å². The fraction of sp³-hybridized carbons (Fsp3) is 0.400. The molecule has 0 bridgehead atoms. The molecule has 6 nitrogen and oxygen atoms in total. The Bertz CT molecular complexity index is 774. The van der Waals surface area contributed by atoms with Crippen molar-refractivity contribution in [1.29, 1.82) is 0 Å². The number of aromatic nitrogens is 1. The van der Waals surface area contributed by atoms with Crippen molar-refractivity contribution in [2.24, 2.45) is 0 Å². The standard InChI is InChI=1S/C20H27N3O3/c1-5-6-11-21-18(24)17(23-19(25)26-20(2,3)4)12-14-13-22-16-10-8-7-9-15(14)16/h5,7-10,13,17,22H,1,6,11-12H2,2-4H3,(H,21,24)(H,23,25)/t17-/m0/s1. The largest absolute Gasteiger partial charge is 0.444 e. The molecule has 3 N–H and O–H groups in total. The number of carbonyl (C=O) groups excluding carboxylic acids is 2. The lowest BCUT2D eigenvalue weighted by molar-refractivity contribution is -0.123. The van der Waals surface area contributed by atoms with Crippen LogP contribution in [0.5, 0.6) is 0 Å². The first-order chi connectivity index (χ1) is 12.3. The van der Waals surface area contributed by atoms with Crippen LogP contribution in [-0.2, 0) is 16.0 Å². The van der Waals surface area contributed by atoms with Crippen molar-refractivity contribution in [3.8, 4) is 0 Å². The van der Waals surface area contributed by atoms with Gasteiger partial charge in [-0.1, -0.05) is 24.3 Å². The van der Waals surface area contributed by atoms with Crippen LogP contribution in [0.1, 0.15) is 32.8 Å². The van der Waals surface area contributed by atoms with Crippen molar-refractivity contribution in [3.05, 3.63) is 48.7 Å². The lowest BCUT2D eigenvalue weighted by atomic mass is 10.0. The summed E-state index contributed by atoms with van der Waals surface area (Å²) < 4.78 is 5.30. The summed E-state index contributed by atoms with van der Waals surface area (Å²) in [5.74, 6) is -0.247. The fourth-order valence-corrected chi connectivity index (χ4v) is 2.60. The molecule has 2 amide bonds. The zero-order valence-electron chi connectivity index (χ0n) is 15.6. The highest BCUT2D eigenvalue weighted by molar-refractivity contribution is 5.88. The van der Waals surface area contributed by atoms with E-state index in [1.807, 2.05) is 30.5 Å². The van der Waals surface area contributed by atoms with Gasteiger partial charge in [-0.2, -0.15) is 0 Å². The number of H-pyrrole nitrogens is 1. The van der Waals surface area contributed by atoms with Gasteiger partial charge in [0.05, 0.1) is 0 Å². The van der Waals surface area contributed by atoms with Crippen LogP contribution in [0.15, 0.2) is 43.1 Å². The Morgan fingerprint density at radius 2 is 2.04 bits per heavy atom. The summed E-state index contributed by atoms with van der Waals surface area (Å²) in [6, 6.07) is 7.12. The number of fused-ring (bicyclic) bond motifs is 1. The van der Waals surface area contributed by atoms with Gasteiger partial charge < -0.3 is 20.4 Å². The SMILES string of the molecule is C=CCCNC(=O)[C@H](Cc1c[nH]c2ccccc12)NC(=O)OC(C)(C)C. The molecule has 6 heteroatoms. The number of nitrogens with one attached hydrogen (secondary N) is 3. The number of rotatable bonds is 7. The summed E-state index contributed by atoms with van der Waals surface area (Å²) in [4.78, 5) is 27.9. The predicted molar refractivity (Wildman–Crippen MR) is 103 cm³/mol. The van der Waals surface area contributed by atoms with E-state index in [0.717, 1.165) is 16.5 Å². The van der Waals surface area contributed by atoms with Gasteiger partial charge in [-0.25, -0.2) is 4.79 Å². The molecular formula is C20H27N3O3. The maximum absolute atomic E-state index is 12.6. The highest BCUT2D eigenvalue weighted by atomic mass is 16.6. The van der Waals surface area contributed by atoms with Crippen LogP contribution in [0, 0.1) is 0 Å². The molecule has 2 aromatic rings. The normalized spacial score (nSPS) is 12.4. The number of carbonyl (C=O) groups is 2. The predicted octanol–water partition coefficient (Wildman–Crippen LogP) is 3.30. The number of amides is 2. The Kier molecular flexibility index (Phi) is 6.44. The third kappa shape index (κ3) is 5.65. The Morgan fingerprint density at radius 1 is 1.31 bits per heavy atom. The van der Waals surface area contributed by atoms with Crippen LogP contribution in [0.4, 0.5) is 4.79 Å². The average Bonchev–Trinajstić information content (AvgIpc) is 2.96. The van der Waals surface area contributed by atoms with Crippen molar-refractivity contribution >= 4 is 22.9 Å². The fourth-order valence-electron chi connectivity index (χ4n) is 2.60.